The minimum Gasteiger partial charge on any atom is -0.352 e. The SMILES string of the molecule is CC.CCCC1=CC=CCC1.CCc1c(C(C)=O)[nH]c2ccccc12. The normalized spacial score (nSPS) is 12.6. The number of allylic oxidation sites excluding steroid dienone is 4. The summed E-state index contributed by atoms with van der Waals surface area (Å²) in [5.41, 5.74) is 4.57. The molecule has 25 heavy (non-hydrogen) atoms. The average Bonchev–Trinajstić information content (AvgIpc) is 3.04. The second-order valence-electron chi connectivity index (χ2n) is 5.98. The largest absolute Gasteiger partial charge is 0.352 e. The lowest BCUT2D eigenvalue weighted by Crippen LogP contribution is -1.96. The quantitative estimate of drug-likeness (QED) is 0.596. The Morgan fingerprint density at radius 1 is 1.16 bits per heavy atom. The van der Waals surface area contributed by atoms with Gasteiger partial charge in [0.15, 0.2) is 5.78 Å². The number of H-pyrrole nitrogens is 1. The summed E-state index contributed by atoms with van der Waals surface area (Å²) >= 11 is 0. The number of aromatic nitrogens is 1. The molecule has 0 bridgehead atoms. The van der Waals surface area contributed by atoms with Gasteiger partial charge in [-0.1, -0.05) is 76.1 Å². The number of para-hydroxylation sites is 1. The van der Waals surface area contributed by atoms with Crippen LogP contribution >= 0.6 is 0 Å². The van der Waals surface area contributed by atoms with E-state index in [-0.39, 0.29) is 5.78 Å². The molecule has 0 atom stereocenters. The first-order valence-corrected chi connectivity index (χ1v) is 9.62. The number of carbonyl (C=O) groups excluding carboxylic acids is 1. The Labute approximate surface area is 153 Å². The highest BCUT2D eigenvalue weighted by Gasteiger charge is 2.11. The fourth-order valence-corrected chi connectivity index (χ4v) is 3.05. The van der Waals surface area contributed by atoms with Crippen molar-refractivity contribution < 1.29 is 4.79 Å². The number of nitrogens with one attached hydrogen (secondary N) is 1. The lowest BCUT2D eigenvalue weighted by atomic mass is 10.0. The fraction of sp³-hybridized carbons (Fsp3) is 0.435. The van der Waals surface area contributed by atoms with Crippen LogP contribution in [-0.4, -0.2) is 10.8 Å². The lowest BCUT2D eigenvalue weighted by Gasteiger charge is -2.05. The molecule has 3 rings (SSSR count). The topological polar surface area (TPSA) is 32.9 Å². The first-order chi connectivity index (χ1) is 12.2. The van der Waals surface area contributed by atoms with Crippen molar-refractivity contribution in [3.05, 3.63) is 59.3 Å². The Bertz CT molecular complexity index is 719. The first kappa shape index (κ1) is 21.0. The predicted octanol–water partition coefficient (Wildman–Crippen LogP) is 7.02. The van der Waals surface area contributed by atoms with E-state index in [0.29, 0.717) is 0 Å². The fourth-order valence-electron chi connectivity index (χ4n) is 3.05. The monoisotopic (exact) mass is 339 g/mol. The maximum absolute atomic E-state index is 11.4. The van der Waals surface area contributed by atoms with Crippen molar-refractivity contribution >= 4 is 16.7 Å². The van der Waals surface area contributed by atoms with Gasteiger partial charge in [-0.25, -0.2) is 0 Å². The molecule has 0 aliphatic heterocycles. The maximum Gasteiger partial charge on any atom is 0.176 e. The van der Waals surface area contributed by atoms with Crippen LogP contribution in [0.25, 0.3) is 10.9 Å². The molecule has 1 N–H and O–H groups in total. The van der Waals surface area contributed by atoms with Gasteiger partial charge in [0.25, 0.3) is 0 Å². The van der Waals surface area contributed by atoms with Gasteiger partial charge in [0, 0.05) is 17.8 Å². The number of aryl methyl sites for hydroxylation is 1. The number of ketones is 1. The Morgan fingerprint density at radius 3 is 2.44 bits per heavy atom. The molecule has 2 nitrogen and oxygen atoms in total. The molecule has 1 aliphatic rings. The highest BCUT2D eigenvalue weighted by atomic mass is 16.1. The molecule has 1 heterocycles. The molecule has 0 fully saturated rings. The summed E-state index contributed by atoms with van der Waals surface area (Å²) in [6.45, 7) is 9.91. The summed E-state index contributed by atoms with van der Waals surface area (Å²) in [5, 5.41) is 1.17. The van der Waals surface area contributed by atoms with Gasteiger partial charge >= 0.3 is 0 Å². The van der Waals surface area contributed by atoms with E-state index in [1.165, 1.54) is 31.1 Å². The second-order valence-corrected chi connectivity index (χ2v) is 5.98. The third-order valence-corrected chi connectivity index (χ3v) is 4.19. The van der Waals surface area contributed by atoms with Crippen molar-refractivity contribution in [2.75, 3.05) is 0 Å². The molecule has 0 saturated carbocycles. The minimum atomic E-state index is 0.109. The summed E-state index contributed by atoms with van der Waals surface area (Å²) in [6, 6.07) is 8.03. The molecular formula is C23H33NO. The molecular weight excluding hydrogens is 306 g/mol. The van der Waals surface area contributed by atoms with Gasteiger partial charge in [-0.05, 0) is 37.3 Å². The summed E-state index contributed by atoms with van der Waals surface area (Å²) in [5.74, 6) is 0.109. The van der Waals surface area contributed by atoms with Crippen LogP contribution in [0.2, 0.25) is 0 Å². The molecule has 1 aromatic heterocycles. The van der Waals surface area contributed by atoms with Gasteiger partial charge in [-0.2, -0.15) is 0 Å². The third-order valence-electron chi connectivity index (χ3n) is 4.19. The number of Topliss-reactive ketones (excluding diaryl/α,β-unsaturated/α-hetero) is 1. The van der Waals surface area contributed by atoms with Crippen molar-refractivity contribution in [1.29, 1.82) is 0 Å². The van der Waals surface area contributed by atoms with E-state index in [0.717, 1.165) is 23.2 Å². The van der Waals surface area contributed by atoms with E-state index in [1.54, 1.807) is 12.5 Å². The van der Waals surface area contributed by atoms with Gasteiger partial charge in [0.05, 0.1) is 5.69 Å². The van der Waals surface area contributed by atoms with Gasteiger partial charge in [0.2, 0.25) is 0 Å². The maximum atomic E-state index is 11.4. The number of hydrogen-bond donors (Lipinski definition) is 1. The summed E-state index contributed by atoms with van der Waals surface area (Å²) in [4.78, 5) is 14.5. The van der Waals surface area contributed by atoms with Gasteiger partial charge in [-0.15, -0.1) is 0 Å². The van der Waals surface area contributed by atoms with Crippen molar-refractivity contribution in [2.45, 2.75) is 66.7 Å². The number of carbonyl (C=O) groups is 1. The first-order valence-electron chi connectivity index (χ1n) is 9.62. The molecule has 1 aliphatic carbocycles. The van der Waals surface area contributed by atoms with E-state index in [9.17, 15) is 4.79 Å². The van der Waals surface area contributed by atoms with Crippen molar-refractivity contribution in [3.8, 4) is 0 Å². The number of hydrogen-bond acceptors (Lipinski definition) is 1. The number of rotatable bonds is 4. The highest BCUT2D eigenvalue weighted by molar-refractivity contribution is 6.00. The van der Waals surface area contributed by atoms with E-state index in [2.05, 4.69) is 43.1 Å². The molecule has 0 radical (unpaired) electrons. The van der Waals surface area contributed by atoms with Crippen molar-refractivity contribution in [3.63, 3.8) is 0 Å². The Morgan fingerprint density at radius 2 is 1.88 bits per heavy atom. The molecule has 136 valence electrons. The zero-order chi connectivity index (χ0) is 18.7. The minimum absolute atomic E-state index is 0.109. The van der Waals surface area contributed by atoms with Gasteiger partial charge in [-0.3, -0.25) is 4.79 Å². The smallest absolute Gasteiger partial charge is 0.176 e. The zero-order valence-electron chi connectivity index (χ0n) is 16.5. The molecule has 2 aromatic rings. The number of fused-ring (bicyclic) bond motifs is 1. The Balaban J connectivity index is 0.000000246. The van der Waals surface area contributed by atoms with Crippen LogP contribution in [0.1, 0.15) is 76.4 Å². The predicted molar refractivity (Wildman–Crippen MR) is 110 cm³/mol. The third kappa shape index (κ3) is 6.04. The van der Waals surface area contributed by atoms with E-state index >= 15 is 0 Å². The molecule has 1 aromatic carbocycles. The summed E-state index contributed by atoms with van der Waals surface area (Å²) in [7, 11) is 0. The van der Waals surface area contributed by atoms with Crippen LogP contribution in [0.5, 0.6) is 0 Å². The number of benzene rings is 1. The Kier molecular flexibility index (Phi) is 9.61. The molecule has 2 heteroatoms. The standard InChI is InChI=1S/C12H13NO.C9H14.C2H6/c1-3-9-10-6-4-5-7-11(10)13-12(9)8(2)14;1-2-6-9-7-4-3-5-8-9;1-2/h4-7,13H,3H2,1-2H3;3-4,7H,2,5-6,8H2,1H3;1-2H3. The highest BCUT2D eigenvalue weighted by Crippen LogP contribution is 2.23. The van der Waals surface area contributed by atoms with Crippen LogP contribution in [0.4, 0.5) is 0 Å². The van der Waals surface area contributed by atoms with Crippen LogP contribution in [0.3, 0.4) is 0 Å². The van der Waals surface area contributed by atoms with Crippen molar-refractivity contribution in [1.82, 2.24) is 4.98 Å². The van der Waals surface area contributed by atoms with Crippen LogP contribution in [0.15, 0.2) is 48.1 Å². The van der Waals surface area contributed by atoms with E-state index < -0.39 is 0 Å². The molecule has 0 spiro atoms. The summed E-state index contributed by atoms with van der Waals surface area (Å²) in [6.07, 6.45) is 12.7. The second kappa shape index (κ2) is 11.5. The Hall–Kier alpha value is -2.09. The molecule has 0 saturated heterocycles. The molecule has 0 unspecified atom stereocenters. The summed E-state index contributed by atoms with van der Waals surface area (Å²) < 4.78 is 0. The van der Waals surface area contributed by atoms with Crippen molar-refractivity contribution in [2.24, 2.45) is 0 Å². The van der Waals surface area contributed by atoms with Gasteiger partial charge < -0.3 is 4.98 Å². The number of aromatic amines is 1. The molecule has 0 amide bonds. The van der Waals surface area contributed by atoms with Crippen LogP contribution in [-0.2, 0) is 6.42 Å². The lowest BCUT2D eigenvalue weighted by molar-refractivity contribution is 0.101. The van der Waals surface area contributed by atoms with E-state index in [4.69, 9.17) is 0 Å². The average molecular weight is 340 g/mol. The van der Waals surface area contributed by atoms with Gasteiger partial charge in [0.1, 0.15) is 0 Å². The van der Waals surface area contributed by atoms with Crippen LogP contribution in [0, 0.1) is 0 Å². The zero-order valence-corrected chi connectivity index (χ0v) is 16.5. The van der Waals surface area contributed by atoms with Crippen LogP contribution < -0.4 is 0 Å². The van der Waals surface area contributed by atoms with E-state index in [1.807, 2.05) is 32.0 Å².